The van der Waals surface area contributed by atoms with Gasteiger partial charge in [0.1, 0.15) is 17.1 Å². The number of hydrogen-bond donors (Lipinski definition) is 2. The molecular formula is C10H16F3N3O3S. The van der Waals surface area contributed by atoms with E-state index in [4.69, 9.17) is 5.11 Å². The van der Waals surface area contributed by atoms with E-state index in [0.29, 0.717) is 4.31 Å². The average molecular weight is 315 g/mol. The standard InChI is InChI=1S/C10H16F3N3O3S/c1-3-4-16(6-10(11,12)13)20(18,19)9-7(2)14-15-8(9)5-17/h17H,3-6H2,1-2H3,(H,14,15). The summed E-state index contributed by atoms with van der Waals surface area (Å²) in [6.07, 6.45) is -4.40. The van der Waals surface area contributed by atoms with Crippen LogP contribution in [0.5, 0.6) is 0 Å². The van der Waals surface area contributed by atoms with Crippen LogP contribution >= 0.6 is 0 Å². The third kappa shape index (κ3) is 3.70. The molecule has 0 unspecified atom stereocenters. The summed E-state index contributed by atoms with van der Waals surface area (Å²) in [6, 6.07) is 0. The lowest BCUT2D eigenvalue weighted by Gasteiger charge is -2.23. The number of sulfonamides is 1. The molecule has 0 aliphatic heterocycles. The molecule has 1 aromatic rings. The third-order valence-electron chi connectivity index (χ3n) is 2.54. The first-order valence-corrected chi connectivity index (χ1v) is 7.29. The van der Waals surface area contributed by atoms with Crippen LogP contribution in [0.4, 0.5) is 13.2 Å². The molecule has 1 heterocycles. The van der Waals surface area contributed by atoms with Crippen LogP contribution in [0.25, 0.3) is 0 Å². The summed E-state index contributed by atoms with van der Waals surface area (Å²) in [5.74, 6) is 0. The fourth-order valence-electron chi connectivity index (χ4n) is 1.78. The van der Waals surface area contributed by atoms with Gasteiger partial charge >= 0.3 is 6.18 Å². The second-order valence-corrected chi connectivity index (χ2v) is 6.11. The van der Waals surface area contributed by atoms with Crippen LogP contribution in [0.15, 0.2) is 4.90 Å². The Kier molecular flexibility index (Phi) is 5.16. The highest BCUT2D eigenvalue weighted by Gasteiger charge is 2.38. The molecule has 0 atom stereocenters. The summed E-state index contributed by atoms with van der Waals surface area (Å²) in [4.78, 5) is -0.391. The number of aliphatic hydroxyl groups excluding tert-OH is 1. The number of aryl methyl sites for hydroxylation is 1. The Balaban J connectivity index is 3.26. The first-order valence-electron chi connectivity index (χ1n) is 5.85. The predicted octanol–water partition coefficient (Wildman–Crippen LogP) is 1.17. The zero-order chi connectivity index (χ0) is 15.6. The van der Waals surface area contributed by atoms with E-state index in [1.807, 2.05) is 0 Å². The van der Waals surface area contributed by atoms with Gasteiger partial charge in [0.2, 0.25) is 10.0 Å². The van der Waals surface area contributed by atoms with Crippen molar-refractivity contribution in [3.8, 4) is 0 Å². The lowest BCUT2D eigenvalue weighted by molar-refractivity contribution is -0.136. The van der Waals surface area contributed by atoms with E-state index >= 15 is 0 Å². The molecule has 6 nitrogen and oxygen atoms in total. The first kappa shape index (κ1) is 16.9. The Hall–Kier alpha value is -1.13. The molecule has 0 fully saturated rings. The van der Waals surface area contributed by atoms with Gasteiger partial charge in [0.25, 0.3) is 0 Å². The van der Waals surface area contributed by atoms with Crippen LogP contribution in [-0.2, 0) is 16.6 Å². The lowest BCUT2D eigenvalue weighted by atomic mass is 10.4. The van der Waals surface area contributed by atoms with E-state index in [1.54, 1.807) is 6.92 Å². The van der Waals surface area contributed by atoms with Gasteiger partial charge in [-0.1, -0.05) is 6.92 Å². The molecule has 0 amide bonds. The third-order valence-corrected chi connectivity index (χ3v) is 4.59. The fraction of sp³-hybridized carbons (Fsp3) is 0.700. The molecule has 116 valence electrons. The van der Waals surface area contributed by atoms with Crippen molar-refractivity contribution >= 4 is 10.0 Å². The molecule has 10 heteroatoms. The smallest absolute Gasteiger partial charge is 0.390 e. The van der Waals surface area contributed by atoms with Crippen LogP contribution in [0.2, 0.25) is 0 Å². The summed E-state index contributed by atoms with van der Waals surface area (Å²) in [5.41, 5.74) is -0.0943. The molecular weight excluding hydrogens is 299 g/mol. The van der Waals surface area contributed by atoms with E-state index in [0.717, 1.165) is 0 Å². The quantitative estimate of drug-likeness (QED) is 0.825. The zero-order valence-electron chi connectivity index (χ0n) is 11.0. The second kappa shape index (κ2) is 6.10. The Morgan fingerprint density at radius 1 is 1.40 bits per heavy atom. The Labute approximate surface area is 114 Å². The van der Waals surface area contributed by atoms with Crippen LogP contribution in [0.1, 0.15) is 24.7 Å². The van der Waals surface area contributed by atoms with Crippen LogP contribution in [0, 0.1) is 6.92 Å². The Morgan fingerprint density at radius 2 is 2.00 bits per heavy atom. The van der Waals surface area contributed by atoms with Crippen molar-refractivity contribution < 1.29 is 26.7 Å². The van der Waals surface area contributed by atoms with Crippen molar-refractivity contribution in [3.63, 3.8) is 0 Å². The topological polar surface area (TPSA) is 86.3 Å². The van der Waals surface area contributed by atoms with Crippen molar-refractivity contribution in [3.05, 3.63) is 11.4 Å². The molecule has 2 N–H and O–H groups in total. The maximum Gasteiger partial charge on any atom is 0.402 e. The maximum absolute atomic E-state index is 12.5. The molecule has 0 saturated carbocycles. The summed E-state index contributed by atoms with van der Waals surface area (Å²) < 4.78 is 62.5. The molecule has 0 aliphatic rings. The molecule has 1 aromatic heterocycles. The summed E-state index contributed by atoms with van der Waals surface area (Å²) in [7, 11) is -4.37. The van der Waals surface area contributed by atoms with Gasteiger partial charge in [-0.25, -0.2) is 8.42 Å². The van der Waals surface area contributed by atoms with Crippen molar-refractivity contribution in [2.75, 3.05) is 13.1 Å². The summed E-state index contributed by atoms with van der Waals surface area (Å²) >= 11 is 0. The van der Waals surface area contributed by atoms with E-state index in [2.05, 4.69) is 10.2 Å². The molecule has 0 saturated heterocycles. The monoisotopic (exact) mass is 315 g/mol. The normalized spacial score (nSPS) is 13.2. The highest BCUT2D eigenvalue weighted by molar-refractivity contribution is 7.89. The van der Waals surface area contributed by atoms with Crippen molar-refractivity contribution in [1.29, 1.82) is 0 Å². The largest absolute Gasteiger partial charge is 0.402 e. The number of aromatic amines is 1. The SMILES string of the molecule is CCCN(CC(F)(F)F)S(=O)(=O)c1c(CO)n[nH]c1C. The van der Waals surface area contributed by atoms with Gasteiger partial charge in [0.05, 0.1) is 12.3 Å². The van der Waals surface area contributed by atoms with Crippen molar-refractivity contribution in [2.45, 2.75) is 37.9 Å². The van der Waals surface area contributed by atoms with Gasteiger partial charge in [0, 0.05) is 6.54 Å². The van der Waals surface area contributed by atoms with Gasteiger partial charge in [-0.3, -0.25) is 5.10 Å². The molecule has 1 rings (SSSR count). The molecule has 20 heavy (non-hydrogen) atoms. The minimum atomic E-state index is -4.64. The number of alkyl halides is 3. The zero-order valence-corrected chi connectivity index (χ0v) is 11.8. The predicted molar refractivity (Wildman–Crippen MR) is 64.4 cm³/mol. The van der Waals surface area contributed by atoms with E-state index in [-0.39, 0.29) is 24.4 Å². The number of H-pyrrole nitrogens is 1. The van der Waals surface area contributed by atoms with Crippen LogP contribution in [0.3, 0.4) is 0 Å². The van der Waals surface area contributed by atoms with Gasteiger partial charge < -0.3 is 5.11 Å². The number of halogens is 3. The van der Waals surface area contributed by atoms with Gasteiger partial charge in [-0.2, -0.15) is 22.6 Å². The molecule has 0 bridgehead atoms. The first-order chi connectivity index (χ1) is 9.13. The number of hydrogen-bond acceptors (Lipinski definition) is 4. The maximum atomic E-state index is 12.5. The van der Waals surface area contributed by atoms with Crippen molar-refractivity contribution in [2.24, 2.45) is 0 Å². The molecule has 0 spiro atoms. The van der Waals surface area contributed by atoms with Gasteiger partial charge in [-0.05, 0) is 13.3 Å². The number of nitrogens with zero attached hydrogens (tertiary/aromatic N) is 2. The number of aromatic nitrogens is 2. The number of aliphatic hydroxyl groups is 1. The Bertz CT molecular complexity index is 554. The molecule has 0 aliphatic carbocycles. The van der Waals surface area contributed by atoms with E-state index < -0.39 is 34.2 Å². The minimum Gasteiger partial charge on any atom is -0.390 e. The van der Waals surface area contributed by atoms with Crippen molar-refractivity contribution in [1.82, 2.24) is 14.5 Å². The second-order valence-electron chi connectivity index (χ2n) is 4.24. The summed E-state index contributed by atoms with van der Waals surface area (Å²) in [6.45, 7) is 0.436. The molecule has 0 radical (unpaired) electrons. The van der Waals surface area contributed by atoms with Gasteiger partial charge in [0.15, 0.2) is 0 Å². The minimum absolute atomic E-state index is 0.0947. The fourth-order valence-corrected chi connectivity index (χ4v) is 3.62. The Morgan fingerprint density at radius 3 is 2.45 bits per heavy atom. The average Bonchev–Trinajstić information content (AvgIpc) is 2.68. The lowest BCUT2D eigenvalue weighted by Crippen LogP contribution is -2.39. The highest BCUT2D eigenvalue weighted by atomic mass is 32.2. The number of rotatable bonds is 6. The van der Waals surface area contributed by atoms with Gasteiger partial charge in [-0.15, -0.1) is 0 Å². The van der Waals surface area contributed by atoms with E-state index in [1.165, 1.54) is 6.92 Å². The summed E-state index contributed by atoms with van der Waals surface area (Å²) in [5, 5.41) is 15.0. The van der Waals surface area contributed by atoms with Crippen LogP contribution in [-0.4, -0.2) is 47.3 Å². The van der Waals surface area contributed by atoms with E-state index in [9.17, 15) is 21.6 Å². The highest BCUT2D eigenvalue weighted by Crippen LogP contribution is 2.26. The molecule has 0 aromatic carbocycles. The number of nitrogens with one attached hydrogen (secondary N) is 1. The van der Waals surface area contributed by atoms with Crippen LogP contribution < -0.4 is 0 Å².